The van der Waals surface area contributed by atoms with Crippen molar-refractivity contribution in [2.75, 3.05) is 11.9 Å². The number of likely N-dealkylation sites (tertiary alicyclic amines) is 1. The normalized spacial score (nSPS) is 14.1. The van der Waals surface area contributed by atoms with E-state index < -0.39 is 0 Å². The molecule has 1 N–H and O–H groups in total. The lowest BCUT2D eigenvalue weighted by Crippen LogP contribution is -2.30. The molecule has 1 aromatic carbocycles. The van der Waals surface area contributed by atoms with Crippen LogP contribution in [0.5, 0.6) is 0 Å². The maximum atomic E-state index is 12.9. The Hall–Kier alpha value is -2.61. The quantitative estimate of drug-likeness (QED) is 0.755. The third kappa shape index (κ3) is 4.72. The minimum Gasteiger partial charge on any atom is -0.302 e. The molecule has 0 aliphatic carbocycles. The molecule has 26 heavy (non-hydrogen) atoms. The summed E-state index contributed by atoms with van der Waals surface area (Å²) in [5.41, 5.74) is 0.966. The molecule has 0 spiro atoms. The molecule has 3 rings (SSSR count). The first-order chi connectivity index (χ1) is 12.5. The van der Waals surface area contributed by atoms with Gasteiger partial charge < -0.3 is 5.32 Å². The van der Waals surface area contributed by atoms with E-state index >= 15 is 0 Å². The van der Waals surface area contributed by atoms with Gasteiger partial charge in [-0.2, -0.15) is 0 Å². The molecular formula is C18H18FN3O3S. The number of hydrogen-bond donors (Lipinski definition) is 1. The first-order valence-corrected chi connectivity index (χ1v) is 9.15. The van der Waals surface area contributed by atoms with Gasteiger partial charge in [0.1, 0.15) is 5.82 Å². The van der Waals surface area contributed by atoms with Crippen LogP contribution in [0.15, 0.2) is 30.5 Å². The van der Waals surface area contributed by atoms with Gasteiger partial charge >= 0.3 is 0 Å². The average Bonchev–Trinajstić information content (AvgIpc) is 3.17. The molecule has 1 aliphatic heterocycles. The molecule has 1 aromatic heterocycles. The molecule has 0 saturated carbocycles. The molecule has 1 aliphatic rings. The Bertz CT molecular complexity index is 803. The summed E-state index contributed by atoms with van der Waals surface area (Å²) in [7, 11) is 0. The summed E-state index contributed by atoms with van der Waals surface area (Å²) in [6.07, 6.45) is 3.47. The lowest BCUT2D eigenvalue weighted by atomic mass is 10.1. The fourth-order valence-electron chi connectivity index (χ4n) is 2.70. The van der Waals surface area contributed by atoms with Crippen molar-refractivity contribution in [3.05, 3.63) is 46.7 Å². The lowest BCUT2D eigenvalue weighted by Gasteiger charge is -2.12. The summed E-state index contributed by atoms with van der Waals surface area (Å²) >= 11 is 1.36. The van der Waals surface area contributed by atoms with Crippen LogP contribution < -0.4 is 5.32 Å². The van der Waals surface area contributed by atoms with Crippen LogP contribution in [-0.2, 0) is 20.8 Å². The third-order valence-corrected chi connectivity index (χ3v) is 4.94. The third-order valence-electron chi connectivity index (χ3n) is 4.03. The van der Waals surface area contributed by atoms with E-state index in [1.807, 2.05) is 0 Å². The van der Waals surface area contributed by atoms with Gasteiger partial charge in [-0.3, -0.25) is 19.3 Å². The number of carbonyl (C=O) groups is 3. The van der Waals surface area contributed by atoms with Gasteiger partial charge in [0.2, 0.25) is 17.7 Å². The van der Waals surface area contributed by atoms with Gasteiger partial charge in [-0.15, -0.1) is 11.3 Å². The monoisotopic (exact) mass is 375 g/mol. The number of amides is 3. The standard InChI is InChI=1S/C18H18FN3O3S/c19-13-5-3-12(4-6-13)10-14-11-20-18(26-14)21-15(23)2-1-9-22-16(24)7-8-17(22)25/h3-6,11H,1-2,7-10H2,(H,20,21,23). The van der Waals surface area contributed by atoms with Gasteiger partial charge in [-0.1, -0.05) is 12.1 Å². The Kier molecular flexibility index (Phi) is 5.72. The van der Waals surface area contributed by atoms with E-state index in [-0.39, 0.29) is 49.3 Å². The number of rotatable bonds is 7. The summed E-state index contributed by atoms with van der Waals surface area (Å²) in [5, 5.41) is 3.23. The smallest absolute Gasteiger partial charge is 0.229 e. The summed E-state index contributed by atoms with van der Waals surface area (Å²) in [6.45, 7) is 0.277. The number of benzene rings is 1. The summed E-state index contributed by atoms with van der Waals surface area (Å²) < 4.78 is 12.9. The van der Waals surface area contributed by atoms with Crippen molar-refractivity contribution < 1.29 is 18.8 Å². The lowest BCUT2D eigenvalue weighted by molar-refractivity contribution is -0.138. The van der Waals surface area contributed by atoms with Crippen molar-refractivity contribution in [3.63, 3.8) is 0 Å². The molecule has 136 valence electrons. The Labute approximate surface area is 154 Å². The van der Waals surface area contributed by atoms with Gasteiger partial charge in [0.15, 0.2) is 5.13 Å². The molecule has 0 atom stereocenters. The van der Waals surface area contributed by atoms with Crippen LogP contribution in [0.25, 0.3) is 0 Å². The number of anilines is 1. The van der Waals surface area contributed by atoms with Gasteiger partial charge in [0.05, 0.1) is 0 Å². The maximum absolute atomic E-state index is 12.9. The second-order valence-electron chi connectivity index (χ2n) is 6.03. The highest BCUT2D eigenvalue weighted by molar-refractivity contribution is 7.15. The van der Waals surface area contributed by atoms with Crippen LogP contribution in [0.2, 0.25) is 0 Å². The fourth-order valence-corrected chi connectivity index (χ4v) is 3.57. The predicted molar refractivity (Wildman–Crippen MR) is 95.1 cm³/mol. The maximum Gasteiger partial charge on any atom is 0.229 e. The number of nitrogens with zero attached hydrogens (tertiary/aromatic N) is 2. The molecule has 0 radical (unpaired) electrons. The molecule has 6 nitrogen and oxygen atoms in total. The Balaban J connectivity index is 1.44. The Morgan fingerprint density at radius 1 is 1.19 bits per heavy atom. The number of carbonyl (C=O) groups excluding carboxylic acids is 3. The van der Waals surface area contributed by atoms with E-state index in [9.17, 15) is 18.8 Å². The van der Waals surface area contributed by atoms with Crippen LogP contribution in [0.4, 0.5) is 9.52 Å². The van der Waals surface area contributed by atoms with E-state index in [2.05, 4.69) is 10.3 Å². The highest BCUT2D eigenvalue weighted by Crippen LogP contribution is 2.21. The van der Waals surface area contributed by atoms with Crippen molar-refractivity contribution in [1.82, 2.24) is 9.88 Å². The van der Waals surface area contributed by atoms with E-state index in [1.165, 1.54) is 28.4 Å². The molecule has 1 saturated heterocycles. The number of imide groups is 1. The van der Waals surface area contributed by atoms with E-state index in [4.69, 9.17) is 0 Å². The topological polar surface area (TPSA) is 79.4 Å². The second kappa shape index (κ2) is 8.18. The van der Waals surface area contributed by atoms with Crippen molar-refractivity contribution >= 4 is 34.2 Å². The number of thiazole rings is 1. The van der Waals surface area contributed by atoms with Crippen molar-refractivity contribution in [1.29, 1.82) is 0 Å². The van der Waals surface area contributed by atoms with Crippen LogP contribution in [-0.4, -0.2) is 34.2 Å². The highest BCUT2D eigenvalue weighted by atomic mass is 32.1. The van der Waals surface area contributed by atoms with Gasteiger partial charge in [0.25, 0.3) is 0 Å². The fraction of sp³-hybridized carbons (Fsp3) is 0.333. The van der Waals surface area contributed by atoms with Crippen molar-refractivity contribution in [2.24, 2.45) is 0 Å². The van der Waals surface area contributed by atoms with Crippen molar-refractivity contribution in [3.8, 4) is 0 Å². The van der Waals surface area contributed by atoms with Crippen LogP contribution >= 0.6 is 11.3 Å². The van der Waals surface area contributed by atoms with Gasteiger partial charge in [0, 0.05) is 43.3 Å². The zero-order valence-corrected chi connectivity index (χ0v) is 14.9. The van der Waals surface area contributed by atoms with Crippen LogP contribution in [0.3, 0.4) is 0 Å². The SMILES string of the molecule is O=C(CCCN1C(=O)CCC1=O)Nc1ncc(Cc2ccc(F)cc2)s1. The number of nitrogens with one attached hydrogen (secondary N) is 1. The minimum atomic E-state index is -0.275. The zero-order valence-electron chi connectivity index (χ0n) is 14.0. The van der Waals surface area contributed by atoms with E-state index in [0.29, 0.717) is 18.0 Å². The molecule has 2 aromatic rings. The second-order valence-corrected chi connectivity index (χ2v) is 7.14. The summed E-state index contributed by atoms with van der Waals surface area (Å²) in [6, 6.07) is 6.26. The van der Waals surface area contributed by atoms with Gasteiger partial charge in [-0.25, -0.2) is 9.37 Å². The largest absolute Gasteiger partial charge is 0.302 e. The van der Waals surface area contributed by atoms with E-state index in [1.54, 1.807) is 18.3 Å². The van der Waals surface area contributed by atoms with Gasteiger partial charge in [-0.05, 0) is 24.1 Å². The van der Waals surface area contributed by atoms with Crippen LogP contribution in [0, 0.1) is 5.82 Å². The molecule has 8 heteroatoms. The minimum absolute atomic E-state index is 0.166. The molecule has 2 heterocycles. The predicted octanol–water partition coefficient (Wildman–Crippen LogP) is 2.74. The average molecular weight is 375 g/mol. The summed E-state index contributed by atoms with van der Waals surface area (Å²) in [4.78, 5) is 41.3. The van der Waals surface area contributed by atoms with E-state index in [0.717, 1.165) is 10.4 Å². The molecule has 0 unspecified atom stereocenters. The van der Waals surface area contributed by atoms with Crippen LogP contribution in [0.1, 0.15) is 36.1 Å². The molecule has 0 bridgehead atoms. The first kappa shape index (κ1) is 18.2. The highest BCUT2D eigenvalue weighted by Gasteiger charge is 2.28. The molecular weight excluding hydrogens is 357 g/mol. The Morgan fingerprint density at radius 3 is 2.58 bits per heavy atom. The summed E-state index contributed by atoms with van der Waals surface area (Å²) in [5.74, 6) is -0.809. The number of halogens is 1. The first-order valence-electron chi connectivity index (χ1n) is 8.33. The number of hydrogen-bond acceptors (Lipinski definition) is 5. The molecule has 1 fully saturated rings. The molecule has 3 amide bonds. The zero-order chi connectivity index (χ0) is 18.5. The number of aromatic nitrogens is 1. The Morgan fingerprint density at radius 2 is 1.88 bits per heavy atom. The van der Waals surface area contributed by atoms with Crippen molar-refractivity contribution in [2.45, 2.75) is 32.1 Å².